The van der Waals surface area contributed by atoms with Crippen molar-refractivity contribution in [2.75, 3.05) is 13.2 Å². The Morgan fingerprint density at radius 3 is 2.48 bits per heavy atom. The van der Waals surface area contributed by atoms with Gasteiger partial charge < -0.3 is 13.8 Å². The molecule has 6 heteroatoms. The molecule has 1 aromatic heterocycles. The van der Waals surface area contributed by atoms with Gasteiger partial charge in [0, 0.05) is 12.3 Å². The number of hydrogen-bond acceptors (Lipinski definition) is 5. The van der Waals surface area contributed by atoms with E-state index in [1.165, 1.54) is 0 Å². The quantitative estimate of drug-likeness (QED) is 0.639. The Balaban J connectivity index is 2.14. The van der Waals surface area contributed by atoms with E-state index in [-0.39, 0.29) is 6.16 Å². The van der Waals surface area contributed by atoms with E-state index >= 15 is 0 Å². The average Bonchev–Trinajstić information content (AvgIpc) is 2.47. The van der Waals surface area contributed by atoms with Crippen molar-refractivity contribution in [2.45, 2.75) is 26.9 Å². The molecular formula is C17H22NO4P. The predicted octanol–water partition coefficient (Wildman–Crippen LogP) is 4.95. The molecule has 1 aromatic carbocycles. The molecule has 0 aliphatic rings. The van der Waals surface area contributed by atoms with Crippen LogP contribution in [0, 0.1) is 6.92 Å². The first-order valence-corrected chi connectivity index (χ1v) is 9.35. The Bertz CT molecular complexity index is 680. The van der Waals surface area contributed by atoms with E-state index in [1.54, 1.807) is 20.0 Å². The molecule has 0 radical (unpaired) electrons. The zero-order valence-electron chi connectivity index (χ0n) is 13.7. The highest BCUT2D eigenvalue weighted by molar-refractivity contribution is 7.53. The van der Waals surface area contributed by atoms with Gasteiger partial charge in [0.25, 0.3) is 0 Å². The van der Waals surface area contributed by atoms with Crippen LogP contribution < -0.4 is 4.74 Å². The van der Waals surface area contributed by atoms with Gasteiger partial charge in [0.2, 0.25) is 5.88 Å². The first-order valence-electron chi connectivity index (χ1n) is 7.62. The summed E-state index contributed by atoms with van der Waals surface area (Å²) in [6.07, 6.45) is 1.92. The van der Waals surface area contributed by atoms with Crippen LogP contribution >= 0.6 is 7.60 Å². The van der Waals surface area contributed by atoms with Crippen LogP contribution in [0.25, 0.3) is 0 Å². The molecule has 0 aliphatic carbocycles. The molecule has 0 amide bonds. The van der Waals surface area contributed by atoms with Gasteiger partial charge in [0.1, 0.15) is 5.75 Å². The molecule has 1 heterocycles. The second kappa shape index (κ2) is 8.25. The van der Waals surface area contributed by atoms with Crippen molar-refractivity contribution >= 4 is 7.60 Å². The standard InChI is InChI=1S/C17H22NO4P/c1-4-20-23(19,21-5-2)13-15-7-6-8-16(12-15)22-17-11-14(3)9-10-18-17/h6-12H,4-5,13H2,1-3H3. The highest BCUT2D eigenvalue weighted by Gasteiger charge is 2.24. The van der Waals surface area contributed by atoms with Crippen molar-refractivity contribution in [3.8, 4) is 11.6 Å². The third kappa shape index (κ3) is 5.47. The van der Waals surface area contributed by atoms with Crippen molar-refractivity contribution in [2.24, 2.45) is 0 Å². The lowest BCUT2D eigenvalue weighted by atomic mass is 10.2. The Labute approximate surface area is 137 Å². The number of ether oxygens (including phenoxy) is 1. The topological polar surface area (TPSA) is 57.7 Å². The summed E-state index contributed by atoms with van der Waals surface area (Å²) in [6.45, 7) is 6.27. The van der Waals surface area contributed by atoms with E-state index in [0.717, 1.165) is 11.1 Å². The lowest BCUT2D eigenvalue weighted by Crippen LogP contribution is -1.99. The number of aryl methyl sites for hydroxylation is 1. The zero-order chi connectivity index (χ0) is 16.7. The van der Waals surface area contributed by atoms with Crippen LogP contribution in [0.1, 0.15) is 25.0 Å². The fourth-order valence-corrected chi connectivity index (χ4v) is 3.83. The SMILES string of the molecule is CCOP(=O)(Cc1cccc(Oc2cc(C)ccn2)c1)OCC. The summed E-state index contributed by atoms with van der Waals surface area (Å²) < 4.78 is 29.0. The molecule has 2 aromatic rings. The van der Waals surface area contributed by atoms with Crippen molar-refractivity contribution in [1.82, 2.24) is 4.98 Å². The highest BCUT2D eigenvalue weighted by atomic mass is 31.2. The van der Waals surface area contributed by atoms with Gasteiger partial charge >= 0.3 is 7.60 Å². The second-order valence-electron chi connectivity index (χ2n) is 5.03. The van der Waals surface area contributed by atoms with Crippen LogP contribution in [0.2, 0.25) is 0 Å². The molecular weight excluding hydrogens is 313 g/mol. The van der Waals surface area contributed by atoms with Gasteiger partial charge in [-0.15, -0.1) is 0 Å². The molecule has 0 spiro atoms. The van der Waals surface area contributed by atoms with E-state index in [4.69, 9.17) is 13.8 Å². The minimum absolute atomic E-state index is 0.215. The van der Waals surface area contributed by atoms with Gasteiger partial charge in [-0.2, -0.15) is 0 Å². The van der Waals surface area contributed by atoms with Crippen LogP contribution in [-0.4, -0.2) is 18.2 Å². The number of rotatable bonds is 8. The first-order chi connectivity index (χ1) is 11.0. The summed E-state index contributed by atoms with van der Waals surface area (Å²) in [5, 5.41) is 0. The molecule has 0 atom stereocenters. The Hall–Kier alpha value is -1.68. The zero-order valence-corrected chi connectivity index (χ0v) is 14.6. The van der Waals surface area contributed by atoms with Crippen molar-refractivity contribution in [3.05, 3.63) is 53.7 Å². The molecule has 23 heavy (non-hydrogen) atoms. The maximum Gasteiger partial charge on any atom is 0.335 e. The van der Waals surface area contributed by atoms with E-state index in [0.29, 0.717) is 24.8 Å². The summed E-state index contributed by atoms with van der Waals surface area (Å²) in [4.78, 5) is 4.17. The maximum absolute atomic E-state index is 12.6. The molecule has 0 N–H and O–H groups in total. The third-order valence-corrected chi connectivity index (χ3v) is 5.09. The lowest BCUT2D eigenvalue weighted by molar-refractivity contribution is 0.219. The van der Waals surface area contributed by atoms with Gasteiger partial charge in [-0.1, -0.05) is 12.1 Å². The maximum atomic E-state index is 12.6. The fourth-order valence-electron chi connectivity index (χ4n) is 2.14. The molecule has 2 rings (SSSR count). The molecule has 0 unspecified atom stereocenters. The molecule has 0 saturated carbocycles. The minimum Gasteiger partial charge on any atom is -0.439 e. The highest BCUT2D eigenvalue weighted by Crippen LogP contribution is 2.51. The summed E-state index contributed by atoms with van der Waals surface area (Å²) in [7, 11) is -3.12. The summed E-state index contributed by atoms with van der Waals surface area (Å²) in [5.41, 5.74) is 1.91. The van der Waals surface area contributed by atoms with Gasteiger partial charge in [0.15, 0.2) is 0 Å². The monoisotopic (exact) mass is 335 g/mol. The van der Waals surface area contributed by atoms with E-state index in [1.807, 2.05) is 43.3 Å². The molecule has 0 aliphatic heterocycles. The number of hydrogen-bond donors (Lipinski definition) is 0. The van der Waals surface area contributed by atoms with E-state index < -0.39 is 7.60 Å². The van der Waals surface area contributed by atoms with Gasteiger partial charge in [0.05, 0.1) is 19.4 Å². The Morgan fingerprint density at radius 2 is 1.83 bits per heavy atom. The Morgan fingerprint density at radius 1 is 1.09 bits per heavy atom. The fraction of sp³-hybridized carbons (Fsp3) is 0.353. The number of benzene rings is 1. The Kier molecular flexibility index (Phi) is 6.34. The molecule has 124 valence electrons. The predicted molar refractivity (Wildman–Crippen MR) is 90.1 cm³/mol. The molecule has 5 nitrogen and oxygen atoms in total. The minimum atomic E-state index is -3.12. The largest absolute Gasteiger partial charge is 0.439 e. The number of aromatic nitrogens is 1. The van der Waals surface area contributed by atoms with E-state index in [9.17, 15) is 4.57 Å². The number of pyridine rings is 1. The number of nitrogens with zero attached hydrogens (tertiary/aromatic N) is 1. The van der Waals surface area contributed by atoms with Crippen LogP contribution in [0.15, 0.2) is 42.6 Å². The first kappa shape index (κ1) is 17.7. The van der Waals surface area contributed by atoms with Crippen LogP contribution in [0.5, 0.6) is 11.6 Å². The molecule has 0 bridgehead atoms. The average molecular weight is 335 g/mol. The lowest BCUT2D eigenvalue weighted by Gasteiger charge is -2.17. The molecule has 0 fully saturated rings. The van der Waals surface area contributed by atoms with Crippen molar-refractivity contribution in [1.29, 1.82) is 0 Å². The van der Waals surface area contributed by atoms with Crippen molar-refractivity contribution in [3.63, 3.8) is 0 Å². The summed E-state index contributed by atoms with van der Waals surface area (Å²) >= 11 is 0. The van der Waals surface area contributed by atoms with Gasteiger partial charge in [-0.3, -0.25) is 4.57 Å². The summed E-state index contributed by atoms with van der Waals surface area (Å²) in [6, 6.07) is 11.2. The third-order valence-electron chi connectivity index (χ3n) is 3.04. The normalized spacial score (nSPS) is 11.4. The van der Waals surface area contributed by atoms with Crippen molar-refractivity contribution < 1.29 is 18.3 Å². The van der Waals surface area contributed by atoms with Gasteiger partial charge in [-0.25, -0.2) is 4.98 Å². The molecule has 0 saturated heterocycles. The summed E-state index contributed by atoms with van der Waals surface area (Å²) in [5.74, 6) is 1.17. The van der Waals surface area contributed by atoms with Crippen LogP contribution in [-0.2, 0) is 19.8 Å². The second-order valence-corrected chi connectivity index (χ2v) is 7.08. The van der Waals surface area contributed by atoms with Crippen LogP contribution in [0.4, 0.5) is 0 Å². The van der Waals surface area contributed by atoms with Gasteiger partial charge in [-0.05, 0) is 50.1 Å². The van der Waals surface area contributed by atoms with Crippen LogP contribution in [0.3, 0.4) is 0 Å². The smallest absolute Gasteiger partial charge is 0.335 e. The van der Waals surface area contributed by atoms with E-state index in [2.05, 4.69) is 4.98 Å².